The molecule has 1 heterocycles. The third-order valence-electron chi connectivity index (χ3n) is 5.84. The Kier molecular flexibility index (Phi) is 4.78. The molecule has 1 atom stereocenters. The minimum absolute atomic E-state index is 0.674. The molecule has 1 aliphatic heterocycles. The third-order valence-corrected chi connectivity index (χ3v) is 5.84. The van der Waals surface area contributed by atoms with Gasteiger partial charge in [-0.2, -0.15) is 0 Å². The standard InChI is InChI=1S/C16H31N3/c17-13-16(14-5-1-2-6-14)19-11-9-18(10-12-19)15-7-3-4-8-15/h14-16H,1-13,17H2. The number of hydrogen-bond acceptors (Lipinski definition) is 3. The SMILES string of the molecule is NCC(C1CCCC1)N1CCN(C2CCCC2)CC1. The van der Waals surface area contributed by atoms with Crippen LogP contribution in [0.5, 0.6) is 0 Å². The van der Waals surface area contributed by atoms with E-state index in [1.807, 2.05) is 0 Å². The first-order valence-electron chi connectivity index (χ1n) is 8.56. The van der Waals surface area contributed by atoms with Crippen molar-refractivity contribution in [1.82, 2.24) is 9.80 Å². The first-order valence-corrected chi connectivity index (χ1v) is 8.56. The van der Waals surface area contributed by atoms with Gasteiger partial charge in [0.05, 0.1) is 0 Å². The van der Waals surface area contributed by atoms with Crippen LogP contribution in [0.15, 0.2) is 0 Å². The normalized spacial score (nSPS) is 30.2. The van der Waals surface area contributed by atoms with Crippen LogP contribution in [0.2, 0.25) is 0 Å². The van der Waals surface area contributed by atoms with Crippen LogP contribution in [0.25, 0.3) is 0 Å². The summed E-state index contributed by atoms with van der Waals surface area (Å²) < 4.78 is 0. The van der Waals surface area contributed by atoms with E-state index in [2.05, 4.69) is 9.80 Å². The molecule has 0 aromatic rings. The predicted molar refractivity (Wildman–Crippen MR) is 80.2 cm³/mol. The van der Waals surface area contributed by atoms with Crippen molar-refractivity contribution in [2.45, 2.75) is 63.5 Å². The summed E-state index contributed by atoms with van der Waals surface area (Å²) in [5.74, 6) is 0.892. The van der Waals surface area contributed by atoms with Gasteiger partial charge >= 0.3 is 0 Å². The minimum atomic E-state index is 0.674. The maximum Gasteiger partial charge on any atom is 0.0247 e. The number of hydrogen-bond donors (Lipinski definition) is 1. The highest BCUT2D eigenvalue weighted by atomic mass is 15.3. The summed E-state index contributed by atoms with van der Waals surface area (Å²) in [6, 6.07) is 1.58. The molecule has 2 aliphatic carbocycles. The van der Waals surface area contributed by atoms with Gasteiger partial charge in [0.2, 0.25) is 0 Å². The fourth-order valence-electron chi connectivity index (χ4n) is 4.69. The number of rotatable bonds is 4. The summed E-state index contributed by atoms with van der Waals surface area (Å²) in [5.41, 5.74) is 6.08. The Balaban J connectivity index is 1.50. The fourth-order valence-corrected chi connectivity index (χ4v) is 4.69. The van der Waals surface area contributed by atoms with Crippen molar-refractivity contribution in [2.75, 3.05) is 32.7 Å². The molecule has 1 unspecified atom stereocenters. The van der Waals surface area contributed by atoms with Crippen LogP contribution in [0, 0.1) is 5.92 Å². The average Bonchev–Trinajstić information content (AvgIpc) is 3.14. The molecule has 3 aliphatic rings. The molecule has 2 saturated carbocycles. The second kappa shape index (κ2) is 6.55. The molecule has 110 valence electrons. The van der Waals surface area contributed by atoms with Crippen LogP contribution >= 0.6 is 0 Å². The van der Waals surface area contributed by atoms with Crippen molar-refractivity contribution in [3.63, 3.8) is 0 Å². The quantitative estimate of drug-likeness (QED) is 0.844. The largest absolute Gasteiger partial charge is 0.329 e. The molecule has 2 N–H and O–H groups in total. The molecule has 0 spiro atoms. The first-order chi connectivity index (χ1) is 9.38. The maximum absolute atomic E-state index is 6.08. The van der Waals surface area contributed by atoms with Crippen LogP contribution < -0.4 is 5.73 Å². The molecule has 19 heavy (non-hydrogen) atoms. The van der Waals surface area contributed by atoms with Gasteiger partial charge in [-0.05, 0) is 31.6 Å². The molecule has 0 aromatic carbocycles. The van der Waals surface area contributed by atoms with E-state index < -0.39 is 0 Å². The van der Waals surface area contributed by atoms with Gasteiger partial charge in [0.1, 0.15) is 0 Å². The fraction of sp³-hybridized carbons (Fsp3) is 1.00. The number of piperazine rings is 1. The average molecular weight is 265 g/mol. The highest BCUT2D eigenvalue weighted by molar-refractivity contribution is 4.88. The van der Waals surface area contributed by atoms with Gasteiger partial charge in [-0.25, -0.2) is 0 Å². The first kappa shape index (κ1) is 13.8. The van der Waals surface area contributed by atoms with E-state index in [9.17, 15) is 0 Å². The van der Waals surface area contributed by atoms with Gasteiger partial charge < -0.3 is 5.73 Å². The Labute approximate surface area is 118 Å². The maximum atomic E-state index is 6.08. The molecule has 3 rings (SSSR count). The van der Waals surface area contributed by atoms with E-state index in [0.29, 0.717) is 6.04 Å². The lowest BCUT2D eigenvalue weighted by Gasteiger charge is -2.43. The monoisotopic (exact) mass is 265 g/mol. The summed E-state index contributed by atoms with van der Waals surface area (Å²) in [6.07, 6.45) is 11.5. The lowest BCUT2D eigenvalue weighted by molar-refractivity contribution is 0.0536. The number of nitrogens with two attached hydrogens (primary N) is 1. The van der Waals surface area contributed by atoms with Crippen LogP contribution in [0.3, 0.4) is 0 Å². The molecule has 0 aromatic heterocycles. The molecule has 1 saturated heterocycles. The minimum Gasteiger partial charge on any atom is -0.329 e. The van der Waals surface area contributed by atoms with Crippen molar-refractivity contribution < 1.29 is 0 Å². The van der Waals surface area contributed by atoms with Gasteiger partial charge in [-0.15, -0.1) is 0 Å². The smallest absolute Gasteiger partial charge is 0.0247 e. The van der Waals surface area contributed by atoms with Gasteiger partial charge in [0.15, 0.2) is 0 Å². The Morgan fingerprint density at radius 1 is 0.842 bits per heavy atom. The van der Waals surface area contributed by atoms with E-state index in [0.717, 1.165) is 18.5 Å². The van der Waals surface area contributed by atoms with Gasteiger partial charge in [0.25, 0.3) is 0 Å². The Bertz CT molecular complexity index is 261. The van der Waals surface area contributed by atoms with Gasteiger partial charge in [0, 0.05) is 44.8 Å². The van der Waals surface area contributed by atoms with Crippen molar-refractivity contribution >= 4 is 0 Å². The summed E-state index contributed by atoms with van der Waals surface area (Å²) >= 11 is 0. The second-order valence-corrected chi connectivity index (χ2v) is 6.86. The van der Waals surface area contributed by atoms with E-state index in [1.54, 1.807) is 0 Å². The Hall–Kier alpha value is -0.120. The van der Waals surface area contributed by atoms with Crippen molar-refractivity contribution in [3.05, 3.63) is 0 Å². The van der Waals surface area contributed by atoms with E-state index in [4.69, 9.17) is 5.73 Å². The van der Waals surface area contributed by atoms with Crippen molar-refractivity contribution in [2.24, 2.45) is 11.7 Å². The van der Waals surface area contributed by atoms with Crippen LogP contribution in [0.1, 0.15) is 51.4 Å². The third kappa shape index (κ3) is 3.14. The molecular formula is C16H31N3. The molecule has 3 fully saturated rings. The molecule has 0 radical (unpaired) electrons. The van der Waals surface area contributed by atoms with Crippen LogP contribution in [0.4, 0.5) is 0 Å². The summed E-state index contributed by atoms with van der Waals surface area (Å²) in [6.45, 7) is 5.96. The van der Waals surface area contributed by atoms with Crippen LogP contribution in [-0.2, 0) is 0 Å². The molecule has 3 heteroatoms. The van der Waals surface area contributed by atoms with Crippen molar-refractivity contribution in [1.29, 1.82) is 0 Å². The van der Waals surface area contributed by atoms with E-state index in [1.165, 1.54) is 77.5 Å². The zero-order valence-corrected chi connectivity index (χ0v) is 12.4. The predicted octanol–water partition coefficient (Wildman–Crippen LogP) is 2.06. The summed E-state index contributed by atoms with van der Waals surface area (Å²) in [5, 5.41) is 0. The lowest BCUT2D eigenvalue weighted by atomic mass is 9.96. The zero-order chi connectivity index (χ0) is 13.1. The van der Waals surface area contributed by atoms with Crippen LogP contribution in [-0.4, -0.2) is 54.6 Å². The van der Waals surface area contributed by atoms with Gasteiger partial charge in [-0.3, -0.25) is 9.80 Å². The highest BCUT2D eigenvalue weighted by Gasteiger charge is 2.32. The summed E-state index contributed by atoms with van der Waals surface area (Å²) in [7, 11) is 0. The lowest BCUT2D eigenvalue weighted by Crippen LogP contribution is -2.55. The number of nitrogens with zero attached hydrogens (tertiary/aromatic N) is 2. The zero-order valence-electron chi connectivity index (χ0n) is 12.4. The molecule has 0 bridgehead atoms. The second-order valence-electron chi connectivity index (χ2n) is 6.86. The van der Waals surface area contributed by atoms with E-state index in [-0.39, 0.29) is 0 Å². The molecule has 3 nitrogen and oxygen atoms in total. The van der Waals surface area contributed by atoms with Crippen molar-refractivity contribution in [3.8, 4) is 0 Å². The Morgan fingerprint density at radius 3 is 2.00 bits per heavy atom. The highest BCUT2D eigenvalue weighted by Crippen LogP contribution is 2.31. The summed E-state index contributed by atoms with van der Waals surface area (Å²) in [4.78, 5) is 5.47. The molecular weight excluding hydrogens is 234 g/mol. The Morgan fingerprint density at radius 2 is 1.42 bits per heavy atom. The van der Waals surface area contributed by atoms with E-state index >= 15 is 0 Å². The topological polar surface area (TPSA) is 32.5 Å². The van der Waals surface area contributed by atoms with Gasteiger partial charge in [-0.1, -0.05) is 25.7 Å². The molecule has 0 amide bonds.